The van der Waals surface area contributed by atoms with E-state index in [2.05, 4.69) is 22.8 Å². The molecule has 0 saturated heterocycles. The second-order valence-corrected chi connectivity index (χ2v) is 6.57. The maximum absolute atomic E-state index is 12.2. The topological polar surface area (TPSA) is 80.6 Å². The molecule has 0 fully saturated rings. The van der Waals surface area contributed by atoms with Gasteiger partial charge in [0, 0.05) is 30.6 Å². The number of amides is 2. The van der Waals surface area contributed by atoms with Crippen molar-refractivity contribution in [2.45, 2.75) is 19.3 Å². The molecule has 1 heterocycles. The lowest BCUT2D eigenvalue weighted by molar-refractivity contribution is -0.116. The first-order valence-electron chi connectivity index (χ1n) is 9.48. The van der Waals surface area contributed by atoms with E-state index in [0.29, 0.717) is 25.8 Å². The summed E-state index contributed by atoms with van der Waals surface area (Å²) in [6, 6.07) is 19.0. The predicted octanol–water partition coefficient (Wildman–Crippen LogP) is 4.03. The number of hydrogen-bond acceptors (Lipinski definition) is 4. The molecule has 0 radical (unpaired) electrons. The van der Waals surface area contributed by atoms with Crippen LogP contribution >= 0.6 is 0 Å². The molecular weight excluding hydrogens is 368 g/mol. The third-order valence-corrected chi connectivity index (χ3v) is 4.41. The number of carbonyl (C=O) groups is 2. The van der Waals surface area contributed by atoms with Crippen LogP contribution in [0.4, 0.5) is 5.69 Å². The van der Waals surface area contributed by atoms with Gasteiger partial charge in [-0.1, -0.05) is 30.3 Å². The number of nitrogens with one attached hydrogen (secondary N) is 2. The van der Waals surface area contributed by atoms with Gasteiger partial charge in [-0.3, -0.25) is 9.59 Å². The van der Waals surface area contributed by atoms with Gasteiger partial charge in [0.2, 0.25) is 5.91 Å². The molecule has 3 aromatic rings. The second-order valence-electron chi connectivity index (χ2n) is 6.57. The molecule has 0 aliphatic carbocycles. The molecule has 6 nitrogen and oxygen atoms in total. The fraction of sp³-hybridized carbons (Fsp3) is 0.217. The fourth-order valence-electron chi connectivity index (χ4n) is 2.98. The number of benzene rings is 2. The third-order valence-electron chi connectivity index (χ3n) is 4.41. The van der Waals surface area contributed by atoms with Gasteiger partial charge in [-0.2, -0.15) is 0 Å². The van der Waals surface area contributed by atoms with Crippen LogP contribution in [0.2, 0.25) is 0 Å². The van der Waals surface area contributed by atoms with Gasteiger partial charge in [0.05, 0.1) is 13.4 Å². The Morgan fingerprint density at radius 1 is 1.03 bits per heavy atom. The van der Waals surface area contributed by atoms with E-state index < -0.39 is 0 Å². The maximum atomic E-state index is 12.2. The van der Waals surface area contributed by atoms with Crippen LogP contribution in [0, 0.1) is 0 Å². The highest BCUT2D eigenvalue weighted by atomic mass is 16.5. The molecule has 0 saturated carbocycles. The van der Waals surface area contributed by atoms with Crippen LogP contribution in [-0.4, -0.2) is 25.5 Å². The first-order chi connectivity index (χ1) is 14.2. The molecule has 2 amide bonds. The Balaban J connectivity index is 1.50. The van der Waals surface area contributed by atoms with Gasteiger partial charge >= 0.3 is 0 Å². The summed E-state index contributed by atoms with van der Waals surface area (Å²) in [6.45, 7) is 0.398. The quantitative estimate of drug-likeness (QED) is 0.539. The van der Waals surface area contributed by atoms with Crippen LogP contribution in [0.25, 0.3) is 0 Å². The molecule has 0 unspecified atom stereocenters. The van der Waals surface area contributed by atoms with E-state index >= 15 is 0 Å². The summed E-state index contributed by atoms with van der Waals surface area (Å²) in [7, 11) is 1.64. The van der Waals surface area contributed by atoms with E-state index in [1.807, 2.05) is 36.4 Å². The Labute approximate surface area is 169 Å². The first-order valence-corrected chi connectivity index (χ1v) is 9.48. The third kappa shape index (κ3) is 5.97. The molecule has 1 aromatic heterocycles. The van der Waals surface area contributed by atoms with Crippen LogP contribution in [0.1, 0.15) is 34.5 Å². The minimum atomic E-state index is -0.281. The largest absolute Gasteiger partial charge is 0.496 e. The molecule has 0 bridgehead atoms. The monoisotopic (exact) mass is 392 g/mol. The summed E-state index contributed by atoms with van der Waals surface area (Å²) >= 11 is 0. The molecule has 0 spiro atoms. The van der Waals surface area contributed by atoms with E-state index in [4.69, 9.17) is 9.15 Å². The number of methoxy groups -OCH3 is 1. The highest BCUT2D eigenvalue weighted by Gasteiger charge is 2.10. The van der Waals surface area contributed by atoms with Crippen molar-refractivity contribution in [3.63, 3.8) is 0 Å². The molecule has 29 heavy (non-hydrogen) atoms. The van der Waals surface area contributed by atoms with Crippen molar-refractivity contribution < 1.29 is 18.7 Å². The molecular formula is C23H24N2O4. The van der Waals surface area contributed by atoms with Gasteiger partial charge in [0.15, 0.2) is 5.76 Å². The van der Waals surface area contributed by atoms with Crippen molar-refractivity contribution in [1.82, 2.24) is 5.32 Å². The molecule has 0 atom stereocenters. The van der Waals surface area contributed by atoms with Crippen molar-refractivity contribution >= 4 is 17.5 Å². The van der Waals surface area contributed by atoms with E-state index in [1.165, 1.54) is 11.8 Å². The van der Waals surface area contributed by atoms with Crippen molar-refractivity contribution in [1.29, 1.82) is 0 Å². The van der Waals surface area contributed by atoms with Crippen molar-refractivity contribution in [3.05, 3.63) is 83.8 Å². The van der Waals surface area contributed by atoms with E-state index in [0.717, 1.165) is 17.0 Å². The SMILES string of the molecule is COc1ccc(NC(=O)CCCNC(=O)c2ccco2)cc1Cc1ccccc1. The Morgan fingerprint density at radius 2 is 1.86 bits per heavy atom. The van der Waals surface area contributed by atoms with Crippen molar-refractivity contribution in [3.8, 4) is 5.75 Å². The van der Waals surface area contributed by atoms with Crippen LogP contribution in [0.3, 0.4) is 0 Å². The zero-order chi connectivity index (χ0) is 20.5. The lowest BCUT2D eigenvalue weighted by Gasteiger charge is -2.12. The lowest BCUT2D eigenvalue weighted by atomic mass is 10.0. The summed E-state index contributed by atoms with van der Waals surface area (Å²) in [6.07, 6.45) is 3.00. The number of furan rings is 1. The number of carbonyl (C=O) groups excluding carboxylic acids is 2. The van der Waals surface area contributed by atoms with E-state index in [1.54, 1.807) is 19.2 Å². The first kappa shape index (κ1) is 20.2. The molecule has 2 N–H and O–H groups in total. The Morgan fingerprint density at radius 3 is 2.59 bits per heavy atom. The molecule has 6 heteroatoms. The molecule has 0 aliphatic heterocycles. The number of anilines is 1. The minimum absolute atomic E-state index is 0.104. The van der Waals surface area contributed by atoms with Gasteiger partial charge < -0.3 is 19.8 Å². The Kier molecular flexibility index (Phi) is 7.05. The van der Waals surface area contributed by atoms with E-state index in [9.17, 15) is 9.59 Å². The average Bonchev–Trinajstić information content (AvgIpc) is 3.27. The van der Waals surface area contributed by atoms with Gasteiger partial charge in [-0.15, -0.1) is 0 Å². The minimum Gasteiger partial charge on any atom is -0.496 e. The summed E-state index contributed by atoms with van der Waals surface area (Å²) in [4.78, 5) is 24.0. The standard InChI is InChI=1S/C23H24N2O4/c1-28-20-12-11-19(16-18(20)15-17-7-3-2-4-8-17)25-22(26)10-5-13-24-23(27)21-9-6-14-29-21/h2-4,6-9,11-12,14,16H,5,10,13,15H2,1H3,(H,24,27)(H,25,26). The smallest absolute Gasteiger partial charge is 0.286 e. The average molecular weight is 392 g/mol. The Hall–Kier alpha value is -3.54. The van der Waals surface area contributed by atoms with Gasteiger partial charge in [0.25, 0.3) is 5.91 Å². The van der Waals surface area contributed by atoms with E-state index in [-0.39, 0.29) is 17.6 Å². The molecule has 150 valence electrons. The summed E-state index contributed by atoms with van der Waals surface area (Å²) < 4.78 is 10.5. The van der Waals surface area contributed by atoms with Crippen LogP contribution in [0.15, 0.2) is 71.3 Å². The fourth-order valence-corrected chi connectivity index (χ4v) is 2.98. The molecule has 2 aromatic carbocycles. The second kappa shape index (κ2) is 10.1. The van der Waals surface area contributed by atoms with Gasteiger partial charge in [-0.25, -0.2) is 0 Å². The number of ether oxygens (including phenoxy) is 1. The van der Waals surface area contributed by atoms with Crippen LogP contribution < -0.4 is 15.4 Å². The van der Waals surface area contributed by atoms with Crippen LogP contribution in [0.5, 0.6) is 5.75 Å². The molecule has 0 aliphatic rings. The van der Waals surface area contributed by atoms with Crippen molar-refractivity contribution in [2.75, 3.05) is 19.0 Å². The summed E-state index contributed by atoms with van der Waals surface area (Å²) in [5.74, 6) is 0.662. The predicted molar refractivity (Wildman–Crippen MR) is 111 cm³/mol. The normalized spacial score (nSPS) is 10.4. The number of rotatable bonds is 9. The summed E-state index contributed by atoms with van der Waals surface area (Å²) in [5.41, 5.74) is 2.89. The number of hydrogen-bond donors (Lipinski definition) is 2. The maximum Gasteiger partial charge on any atom is 0.286 e. The zero-order valence-corrected chi connectivity index (χ0v) is 16.3. The lowest BCUT2D eigenvalue weighted by Crippen LogP contribution is -2.25. The molecule has 3 rings (SSSR count). The van der Waals surface area contributed by atoms with Gasteiger partial charge in [-0.05, 0) is 42.3 Å². The highest BCUT2D eigenvalue weighted by molar-refractivity contribution is 5.92. The Bertz CT molecular complexity index is 937. The van der Waals surface area contributed by atoms with Gasteiger partial charge in [0.1, 0.15) is 5.75 Å². The zero-order valence-electron chi connectivity index (χ0n) is 16.3. The summed E-state index contributed by atoms with van der Waals surface area (Å²) in [5, 5.41) is 5.64. The van der Waals surface area contributed by atoms with Crippen LogP contribution in [-0.2, 0) is 11.2 Å². The highest BCUT2D eigenvalue weighted by Crippen LogP contribution is 2.25. The van der Waals surface area contributed by atoms with Crippen molar-refractivity contribution in [2.24, 2.45) is 0 Å².